The van der Waals surface area contributed by atoms with Crippen molar-refractivity contribution in [2.75, 3.05) is 0 Å². The SMILES string of the molecule is O=C1C=CCC(C=CCC(O)CC(O)CC(O)C=Cc2ccccc2)O1. The zero-order valence-corrected chi connectivity index (χ0v) is 14.6. The molecule has 4 atom stereocenters. The van der Waals surface area contributed by atoms with E-state index in [2.05, 4.69) is 0 Å². The maximum atomic E-state index is 11.1. The monoisotopic (exact) mass is 358 g/mol. The quantitative estimate of drug-likeness (QED) is 0.466. The first-order chi connectivity index (χ1) is 12.5. The minimum Gasteiger partial charge on any atom is -0.455 e. The highest BCUT2D eigenvalue weighted by Crippen LogP contribution is 2.13. The van der Waals surface area contributed by atoms with Crippen molar-refractivity contribution in [2.45, 2.75) is 50.1 Å². The largest absolute Gasteiger partial charge is 0.455 e. The van der Waals surface area contributed by atoms with Crippen molar-refractivity contribution >= 4 is 12.0 Å². The number of ether oxygens (including phenoxy) is 1. The summed E-state index contributed by atoms with van der Waals surface area (Å²) < 4.78 is 5.08. The third-order valence-electron chi connectivity index (χ3n) is 4.02. The van der Waals surface area contributed by atoms with E-state index in [1.165, 1.54) is 6.08 Å². The van der Waals surface area contributed by atoms with Crippen LogP contribution < -0.4 is 0 Å². The highest BCUT2D eigenvalue weighted by atomic mass is 16.5. The lowest BCUT2D eigenvalue weighted by Crippen LogP contribution is -2.22. The number of cyclic esters (lactones) is 1. The summed E-state index contributed by atoms with van der Waals surface area (Å²) in [7, 11) is 0. The van der Waals surface area contributed by atoms with Gasteiger partial charge in [0.15, 0.2) is 0 Å². The van der Waals surface area contributed by atoms with E-state index < -0.39 is 18.3 Å². The van der Waals surface area contributed by atoms with E-state index in [0.29, 0.717) is 12.8 Å². The predicted octanol–water partition coefficient (Wildman–Crippen LogP) is 2.38. The van der Waals surface area contributed by atoms with Crippen molar-refractivity contribution in [3.63, 3.8) is 0 Å². The van der Waals surface area contributed by atoms with Gasteiger partial charge in [-0.05, 0) is 24.5 Å². The van der Waals surface area contributed by atoms with Gasteiger partial charge in [-0.15, -0.1) is 0 Å². The van der Waals surface area contributed by atoms with Crippen LogP contribution in [0.1, 0.15) is 31.2 Å². The smallest absolute Gasteiger partial charge is 0.331 e. The Kier molecular flexibility index (Phi) is 8.28. The molecular formula is C21H26O5. The van der Waals surface area contributed by atoms with Gasteiger partial charge < -0.3 is 20.1 Å². The molecule has 0 saturated heterocycles. The summed E-state index contributed by atoms with van der Waals surface area (Å²) >= 11 is 0. The van der Waals surface area contributed by atoms with Gasteiger partial charge in [-0.25, -0.2) is 4.79 Å². The number of aliphatic hydroxyl groups excluding tert-OH is 3. The number of hydrogen-bond acceptors (Lipinski definition) is 5. The van der Waals surface area contributed by atoms with E-state index >= 15 is 0 Å². The third kappa shape index (κ3) is 7.78. The van der Waals surface area contributed by atoms with E-state index in [9.17, 15) is 20.1 Å². The van der Waals surface area contributed by atoms with Crippen molar-refractivity contribution in [3.05, 3.63) is 66.3 Å². The fourth-order valence-electron chi connectivity index (χ4n) is 2.69. The normalized spacial score (nSPS) is 21.0. The first-order valence-electron chi connectivity index (χ1n) is 8.84. The molecule has 1 aliphatic heterocycles. The van der Waals surface area contributed by atoms with Gasteiger partial charge in [-0.1, -0.05) is 54.6 Å². The van der Waals surface area contributed by atoms with Crippen LogP contribution in [0.25, 0.3) is 6.08 Å². The molecule has 1 aromatic rings. The van der Waals surface area contributed by atoms with E-state index in [4.69, 9.17) is 4.74 Å². The summed E-state index contributed by atoms with van der Waals surface area (Å²) in [6.07, 6.45) is 8.80. The molecule has 5 heteroatoms. The molecule has 0 radical (unpaired) electrons. The average molecular weight is 358 g/mol. The molecule has 140 valence electrons. The van der Waals surface area contributed by atoms with Crippen LogP contribution >= 0.6 is 0 Å². The summed E-state index contributed by atoms with van der Waals surface area (Å²) in [5.74, 6) is -0.362. The van der Waals surface area contributed by atoms with E-state index in [-0.39, 0.29) is 24.9 Å². The summed E-state index contributed by atoms with van der Waals surface area (Å²) in [5, 5.41) is 30.0. The summed E-state index contributed by atoms with van der Waals surface area (Å²) in [4.78, 5) is 11.1. The van der Waals surface area contributed by atoms with Gasteiger partial charge in [0.1, 0.15) is 6.10 Å². The maximum absolute atomic E-state index is 11.1. The van der Waals surface area contributed by atoms with Crippen LogP contribution in [0.5, 0.6) is 0 Å². The lowest BCUT2D eigenvalue weighted by atomic mass is 10.0. The van der Waals surface area contributed by atoms with Crippen molar-refractivity contribution in [2.24, 2.45) is 0 Å². The van der Waals surface area contributed by atoms with Crippen LogP contribution in [0.4, 0.5) is 0 Å². The number of aliphatic hydroxyl groups is 3. The number of hydrogen-bond donors (Lipinski definition) is 3. The Hall–Kier alpha value is -2.21. The highest BCUT2D eigenvalue weighted by Gasteiger charge is 2.15. The van der Waals surface area contributed by atoms with Crippen LogP contribution in [0.3, 0.4) is 0 Å². The number of benzene rings is 1. The van der Waals surface area contributed by atoms with Crippen LogP contribution in [0.2, 0.25) is 0 Å². The van der Waals surface area contributed by atoms with Crippen LogP contribution in [-0.4, -0.2) is 45.7 Å². The van der Waals surface area contributed by atoms with E-state index in [1.54, 1.807) is 30.4 Å². The Labute approximate surface area is 153 Å². The van der Waals surface area contributed by atoms with Crippen LogP contribution in [0, 0.1) is 0 Å². The Morgan fingerprint density at radius 1 is 1.12 bits per heavy atom. The predicted molar refractivity (Wildman–Crippen MR) is 100 cm³/mol. The Bertz CT molecular complexity index is 635. The summed E-state index contributed by atoms with van der Waals surface area (Å²) in [6, 6.07) is 9.59. The second-order valence-electron chi connectivity index (χ2n) is 6.39. The third-order valence-corrected chi connectivity index (χ3v) is 4.02. The molecule has 1 aromatic carbocycles. The Morgan fingerprint density at radius 3 is 2.62 bits per heavy atom. The molecule has 4 unspecified atom stereocenters. The lowest BCUT2D eigenvalue weighted by molar-refractivity contribution is -0.141. The fourth-order valence-corrected chi connectivity index (χ4v) is 2.69. The van der Waals surface area contributed by atoms with Gasteiger partial charge in [-0.3, -0.25) is 0 Å². The molecule has 26 heavy (non-hydrogen) atoms. The van der Waals surface area contributed by atoms with Crippen molar-refractivity contribution in [1.82, 2.24) is 0 Å². The minimum absolute atomic E-state index is 0.162. The molecule has 2 rings (SSSR count). The second kappa shape index (κ2) is 10.7. The molecule has 1 heterocycles. The van der Waals surface area contributed by atoms with Gasteiger partial charge in [-0.2, -0.15) is 0 Å². The maximum Gasteiger partial charge on any atom is 0.331 e. The van der Waals surface area contributed by atoms with E-state index in [1.807, 2.05) is 30.3 Å². The first kappa shape index (κ1) is 20.1. The van der Waals surface area contributed by atoms with Gasteiger partial charge in [0.05, 0.1) is 18.3 Å². The molecule has 1 aliphatic rings. The number of carbonyl (C=O) groups excluding carboxylic acids is 1. The molecular weight excluding hydrogens is 332 g/mol. The van der Waals surface area contributed by atoms with Gasteiger partial charge in [0.25, 0.3) is 0 Å². The summed E-state index contributed by atoms with van der Waals surface area (Å²) in [6.45, 7) is 0. The number of carbonyl (C=O) groups is 1. The molecule has 5 nitrogen and oxygen atoms in total. The second-order valence-corrected chi connectivity index (χ2v) is 6.39. The number of rotatable bonds is 9. The Morgan fingerprint density at radius 2 is 1.88 bits per heavy atom. The van der Waals surface area contributed by atoms with Gasteiger partial charge in [0.2, 0.25) is 0 Å². The lowest BCUT2D eigenvalue weighted by Gasteiger charge is -2.17. The van der Waals surface area contributed by atoms with Crippen LogP contribution in [-0.2, 0) is 9.53 Å². The van der Waals surface area contributed by atoms with Crippen molar-refractivity contribution in [1.29, 1.82) is 0 Å². The summed E-state index contributed by atoms with van der Waals surface area (Å²) in [5.41, 5.74) is 0.976. The molecule has 0 aliphatic carbocycles. The molecule has 0 bridgehead atoms. The Balaban J connectivity index is 1.67. The molecule has 0 amide bonds. The average Bonchev–Trinajstić information content (AvgIpc) is 2.61. The molecule has 0 fully saturated rings. The zero-order valence-electron chi connectivity index (χ0n) is 14.6. The van der Waals surface area contributed by atoms with Gasteiger partial charge >= 0.3 is 5.97 Å². The molecule has 0 saturated carbocycles. The standard InChI is InChI=1S/C21H26O5/c22-17(8-4-9-20-10-5-11-21(25)26-20)14-19(24)15-18(23)13-12-16-6-2-1-3-7-16/h1-7,9,11-13,17-20,22-24H,8,10,14-15H2. The first-order valence-corrected chi connectivity index (χ1v) is 8.84. The van der Waals surface area contributed by atoms with Crippen molar-refractivity contribution < 1.29 is 24.9 Å². The van der Waals surface area contributed by atoms with Crippen molar-refractivity contribution in [3.8, 4) is 0 Å². The highest BCUT2D eigenvalue weighted by molar-refractivity contribution is 5.82. The molecule has 0 spiro atoms. The minimum atomic E-state index is -0.802. The topological polar surface area (TPSA) is 87.0 Å². The zero-order chi connectivity index (χ0) is 18.8. The molecule has 3 N–H and O–H groups in total. The van der Waals surface area contributed by atoms with Crippen LogP contribution in [0.15, 0.2) is 60.7 Å². The van der Waals surface area contributed by atoms with E-state index in [0.717, 1.165) is 5.56 Å². The fraction of sp³-hybridized carbons (Fsp3) is 0.381. The van der Waals surface area contributed by atoms with Gasteiger partial charge in [0, 0.05) is 18.9 Å². The molecule has 0 aromatic heterocycles. The number of esters is 1.